The number of unbranched alkanes of at least 4 members (excludes halogenated alkanes) is 20. The number of esters is 1. The minimum absolute atomic E-state index is 0.107. The molecule has 0 heterocycles. The van der Waals surface area contributed by atoms with E-state index in [1.807, 2.05) is 0 Å². The Hall–Kier alpha value is -2.56. The first kappa shape index (κ1) is 55.4. The number of hydrogen-bond donors (Lipinski definition) is 4. The number of aliphatic hydroxyl groups excluding tert-OH is 1. The van der Waals surface area contributed by atoms with Crippen LogP contribution in [0.1, 0.15) is 194 Å². The van der Waals surface area contributed by atoms with Crippen molar-refractivity contribution in [3.63, 3.8) is 0 Å². The van der Waals surface area contributed by atoms with Crippen LogP contribution in [0.15, 0.2) is 48.6 Å². The summed E-state index contributed by atoms with van der Waals surface area (Å²) in [7, 11) is -4.77. The Morgan fingerprint density at radius 3 is 1.45 bits per heavy atom. The molecule has 0 aliphatic rings. The molecule has 0 aliphatic heterocycles. The second kappa shape index (κ2) is 41.2. The Morgan fingerprint density at radius 2 is 0.948 bits per heavy atom. The van der Waals surface area contributed by atoms with Crippen molar-refractivity contribution < 1.29 is 47.8 Å². The standard InChI is InChI=1S/C46H82NO10P/c1-3-5-7-9-11-13-15-17-19-20-21-22-24-25-27-29-31-33-35-37-44(49)47-43(46(51)52)41-57-58(53,54)56-40-42(48)39-55-45(50)38-36-34-32-30-28-26-23-18-16-14-12-10-8-6-4-2/h11,13,17,19,21-22,25,27,42-43,48H,3-10,12,14-16,18,20,23-24,26,28-41H2,1-2H3,(H,47,49)(H,51,52)(H,53,54)/b13-11-,19-17-,22-21-,27-25-. The van der Waals surface area contributed by atoms with Crippen LogP contribution in [0.25, 0.3) is 0 Å². The number of amides is 1. The van der Waals surface area contributed by atoms with Crippen molar-refractivity contribution in [2.45, 2.75) is 206 Å². The molecule has 0 aromatic carbocycles. The zero-order valence-corrected chi connectivity index (χ0v) is 37.2. The summed E-state index contributed by atoms with van der Waals surface area (Å²) >= 11 is 0. The number of phosphoric ester groups is 1. The molecule has 11 nitrogen and oxygen atoms in total. The molecule has 1 amide bonds. The Kier molecular flexibility index (Phi) is 39.4. The maximum Gasteiger partial charge on any atom is 0.472 e. The molecule has 0 radical (unpaired) electrons. The Labute approximate surface area is 352 Å². The van der Waals surface area contributed by atoms with Gasteiger partial charge in [-0.1, -0.05) is 172 Å². The summed E-state index contributed by atoms with van der Waals surface area (Å²) in [5.74, 6) is -2.41. The summed E-state index contributed by atoms with van der Waals surface area (Å²) in [5, 5.41) is 21.8. The van der Waals surface area contributed by atoms with Crippen LogP contribution in [0, 0.1) is 0 Å². The normalized spacial score (nSPS) is 14.1. The van der Waals surface area contributed by atoms with Crippen LogP contribution in [-0.2, 0) is 32.7 Å². The lowest BCUT2D eigenvalue weighted by Gasteiger charge is -2.18. The van der Waals surface area contributed by atoms with Crippen molar-refractivity contribution in [1.82, 2.24) is 5.32 Å². The molecule has 0 bridgehead atoms. The monoisotopic (exact) mass is 840 g/mol. The second-order valence-electron chi connectivity index (χ2n) is 15.2. The lowest BCUT2D eigenvalue weighted by Crippen LogP contribution is -2.43. The van der Waals surface area contributed by atoms with Gasteiger partial charge in [0.05, 0.1) is 13.2 Å². The lowest BCUT2D eigenvalue weighted by molar-refractivity contribution is -0.147. The summed E-state index contributed by atoms with van der Waals surface area (Å²) in [6.07, 6.45) is 45.6. The molecule has 0 rings (SSSR count). The van der Waals surface area contributed by atoms with E-state index in [1.54, 1.807) is 0 Å². The van der Waals surface area contributed by atoms with Gasteiger partial charge in [0.1, 0.15) is 12.7 Å². The fraction of sp³-hybridized carbons (Fsp3) is 0.761. The van der Waals surface area contributed by atoms with Gasteiger partial charge in [-0.3, -0.25) is 18.6 Å². The van der Waals surface area contributed by atoms with Gasteiger partial charge in [-0.2, -0.15) is 0 Å². The van der Waals surface area contributed by atoms with Crippen molar-refractivity contribution in [3.05, 3.63) is 48.6 Å². The number of phosphoric acid groups is 1. The number of nitrogens with one attached hydrogen (secondary N) is 1. The Bertz CT molecular complexity index is 1170. The summed E-state index contributed by atoms with van der Waals surface area (Å²) in [6, 6.07) is -1.56. The highest BCUT2D eigenvalue weighted by Gasteiger charge is 2.28. The highest BCUT2D eigenvalue weighted by Crippen LogP contribution is 2.43. The number of hydrogen-bond acceptors (Lipinski definition) is 8. The average Bonchev–Trinajstić information content (AvgIpc) is 3.20. The van der Waals surface area contributed by atoms with Crippen LogP contribution in [0.3, 0.4) is 0 Å². The van der Waals surface area contributed by atoms with Crippen molar-refractivity contribution in [2.75, 3.05) is 19.8 Å². The maximum atomic E-state index is 12.3. The van der Waals surface area contributed by atoms with Crippen LogP contribution in [0.5, 0.6) is 0 Å². The second-order valence-corrected chi connectivity index (χ2v) is 16.7. The minimum atomic E-state index is -4.77. The summed E-state index contributed by atoms with van der Waals surface area (Å²) in [6.45, 7) is 2.55. The number of carbonyl (C=O) groups excluding carboxylic acids is 2. The molecule has 0 aliphatic carbocycles. The average molecular weight is 840 g/mol. The molecule has 0 aromatic rings. The van der Waals surface area contributed by atoms with Gasteiger partial charge in [0, 0.05) is 12.8 Å². The van der Waals surface area contributed by atoms with Crippen LogP contribution >= 0.6 is 7.82 Å². The molecular weight excluding hydrogens is 757 g/mol. The van der Waals surface area contributed by atoms with Crippen LogP contribution in [0.2, 0.25) is 0 Å². The van der Waals surface area contributed by atoms with Gasteiger partial charge in [-0.25, -0.2) is 9.36 Å². The number of carbonyl (C=O) groups is 3. The van der Waals surface area contributed by atoms with Crippen molar-refractivity contribution in [1.29, 1.82) is 0 Å². The topological polar surface area (TPSA) is 169 Å². The number of aliphatic carboxylic acids is 1. The Balaban J connectivity index is 3.95. The number of allylic oxidation sites excluding steroid dienone is 8. The van der Waals surface area contributed by atoms with Gasteiger partial charge in [0.2, 0.25) is 5.91 Å². The molecule has 336 valence electrons. The third-order valence-electron chi connectivity index (χ3n) is 9.62. The van der Waals surface area contributed by atoms with Crippen molar-refractivity contribution >= 4 is 25.7 Å². The highest BCUT2D eigenvalue weighted by molar-refractivity contribution is 7.47. The van der Waals surface area contributed by atoms with Crippen LogP contribution in [0.4, 0.5) is 0 Å². The third-order valence-corrected chi connectivity index (χ3v) is 10.6. The fourth-order valence-corrected chi connectivity index (χ4v) is 6.84. The molecule has 0 saturated carbocycles. The summed E-state index contributed by atoms with van der Waals surface area (Å²) < 4.78 is 26.8. The van der Waals surface area contributed by atoms with E-state index in [2.05, 4.69) is 67.8 Å². The van der Waals surface area contributed by atoms with Gasteiger partial charge in [-0.05, 0) is 57.8 Å². The van der Waals surface area contributed by atoms with E-state index in [9.17, 15) is 34.1 Å². The van der Waals surface area contributed by atoms with E-state index in [-0.39, 0.29) is 12.8 Å². The number of rotatable bonds is 42. The van der Waals surface area contributed by atoms with E-state index in [4.69, 9.17) is 13.8 Å². The third kappa shape index (κ3) is 40.2. The molecule has 3 atom stereocenters. The predicted octanol–water partition coefficient (Wildman–Crippen LogP) is 11.8. The molecule has 0 fully saturated rings. The predicted molar refractivity (Wildman–Crippen MR) is 235 cm³/mol. The summed E-state index contributed by atoms with van der Waals surface area (Å²) in [4.78, 5) is 45.9. The zero-order valence-electron chi connectivity index (χ0n) is 36.3. The number of carboxylic acids is 1. The van der Waals surface area contributed by atoms with E-state index in [1.165, 1.54) is 96.3 Å². The van der Waals surface area contributed by atoms with Gasteiger partial charge in [0.25, 0.3) is 0 Å². The number of aliphatic hydroxyl groups is 1. The first-order chi connectivity index (χ1) is 28.1. The minimum Gasteiger partial charge on any atom is -0.480 e. The summed E-state index contributed by atoms with van der Waals surface area (Å²) in [5.41, 5.74) is 0. The smallest absolute Gasteiger partial charge is 0.472 e. The largest absolute Gasteiger partial charge is 0.480 e. The number of carboxylic acid groups (broad SMARTS) is 1. The molecule has 12 heteroatoms. The first-order valence-corrected chi connectivity index (χ1v) is 24.2. The van der Waals surface area contributed by atoms with E-state index in [0.717, 1.165) is 57.8 Å². The molecule has 58 heavy (non-hydrogen) atoms. The lowest BCUT2D eigenvalue weighted by atomic mass is 10.0. The molecule has 0 saturated heterocycles. The highest BCUT2D eigenvalue weighted by atomic mass is 31.2. The van der Waals surface area contributed by atoms with Crippen LogP contribution in [-0.4, -0.2) is 64.9 Å². The molecule has 0 spiro atoms. The van der Waals surface area contributed by atoms with Crippen molar-refractivity contribution in [2.24, 2.45) is 0 Å². The zero-order chi connectivity index (χ0) is 42.8. The fourth-order valence-electron chi connectivity index (χ4n) is 6.06. The number of ether oxygens (including phenoxy) is 1. The molecule has 0 aromatic heterocycles. The quantitative estimate of drug-likeness (QED) is 0.0201. The SMILES string of the molecule is CCCCC/C=C\C/C=C\C/C=C\C/C=C\CCCCCC(=O)NC(COP(=O)(O)OCC(O)COC(=O)CCCCCCCCCCCCCCCCC)C(=O)O. The Morgan fingerprint density at radius 1 is 0.552 bits per heavy atom. The maximum absolute atomic E-state index is 12.3. The van der Waals surface area contributed by atoms with Gasteiger partial charge >= 0.3 is 19.8 Å². The van der Waals surface area contributed by atoms with Crippen LogP contribution < -0.4 is 5.32 Å². The van der Waals surface area contributed by atoms with Gasteiger partial charge in [0.15, 0.2) is 6.04 Å². The molecule has 4 N–H and O–H groups in total. The van der Waals surface area contributed by atoms with E-state index in [0.29, 0.717) is 12.8 Å². The van der Waals surface area contributed by atoms with E-state index < -0.39 is 57.6 Å². The van der Waals surface area contributed by atoms with Gasteiger partial charge in [-0.15, -0.1) is 0 Å². The first-order valence-electron chi connectivity index (χ1n) is 22.7. The van der Waals surface area contributed by atoms with Crippen molar-refractivity contribution in [3.8, 4) is 0 Å². The molecular formula is C46H82NO10P. The van der Waals surface area contributed by atoms with Gasteiger partial charge < -0.3 is 25.2 Å². The van der Waals surface area contributed by atoms with E-state index >= 15 is 0 Å². The molecule has 3 unspecified atom stereocenters.